The normalized spacial score (nSPS) is 24.0. The quantitative estimate of drug-likeness (QED) is 0.580. The molecule has 78 valence electrons. The van der Waals surface area contributed by atoms with E-state index in [-0.39, 0.29) is 0 Å². The van der Waals surface area contributed by atoms with Gasteiger partial charge >= 0.3 is 0 Å². The Morgan fingerprint density at radius 1 is 1.46 bits per heavy atom. The molecule has 1 saturated heterocycles. The van der Waals surface area contributed by atoms with Crippen LogP contribution in [0.1, 0.15) is 6.42 Å². The van der Waals surface area contributed by atoms with Crippen molar-refractivity contribution in [2.45, 2.75) is 12.5 Å². The summed E-state index contributed by atoms with van der Waals surface area (Å²) in [6.07, 6.45) is 1.57. The highest BCUT2D eigenvalue weighted by molar-refractivity contribution is 4.75. The van der Waals surface area contributed by atoms with Crippen molar-refractivity contribution in [3.8, 4) is 0 Å². The van der Waals surface area contributed by atoms with Crippen LogP contribution in [0.25, 0.3) is 0 Å². The average molecular weight is 188 g/mol. The lowest BCUT2D eigenvalue weighted by Gasteiger charge is -2.15. The van der Waals surface area contributed by atoms with E-state index in [1.54, 1.807) is 7.11 Å². The Labute approximate surface area is 80.0 Å². The third kappa shape index (κ3) is 4.04. The second-order valence-electron chi connectivity index (χ2n) is 3.35. The van der Waals surface area contributed by atoms with E-state index in [0.29, 0.717) is 19.3 Å². The molecule has 4 nitrogen and oxygen atoms in total. The number of hydrogen-bond donors (Lipinski definition) is 1. The van der Waals surface area contributed by atoms with E-state index in [9.17, 15) is 0 Å². The second kappa shape index (κ2) is 6.32. The zero-order chi connectivity index (χ0) is 9.52. The van der Waals surface area contributed by atoms with E-state index < -0.39 is 0 Å². The highest BCUT2D eigenvalue weighted by Crippen LogP contribution is 2.10. The molecule has 1 heterocycles. The summed E-state index contributed by atoms with van der Waals surface area (Å²) < 4.78 is 10.6. The summed E-state index contributed by atoms with van der Waals surface area (Å²) in [6.45, 7) is 5.24. The Morgan fingerprint density at radius 3 is 2.92 bits per heavy atom. The second-order valence-corrected chi connectivity index (χ2v) is 3.35. The number of hydrogen-bond acceptors (Lipinski definition) is 4. The van der Waals surface area contributed by atoms with Crippen molar-refractivity contribution in [1.29, 1.82) is 0 Å². The zero-order valence-corrected chi connectivity index (χ0v) is 8.37. The van der Waals surface area contributed by atoms with Gasteiger partial charge in [-0.3, -0.25) is 4.90 Å². The molecule has 1 aliphatic rings. The third-order valence-corrected chi connectivity index (χ3v) is 2.38. The van der Waals surface area contributed by atoms with Gasteiger partial charge in [-0.1, -0.05) is 0 Å². The van der Waals surface area contributed by atoms with E-state index in [1.807, 2.05) is 0 Å². The molecule has 0 saturated carbocycles. The minimum Gasteiger partial charge on any atom is -0.380 e. The van der Waals surface area contributed by atoms with Crippen molar-refractivity contribution >= 4 is 0 Å². The van der Waals surface area contributed by atoms with Gasteiger partial charge in [0.1, 0.15) is 0 Å². The molecule has 0 aliphatic carbocycles. The van der Waals surface area contributed by atoms with E-state index >= 15 is 0 Å². The van der Waals surface area contributed by atoms with Crippen LogP contribution in [0.15, 0.2) is 0 Å². The largest absolute Gasteiger partial charge is 0.380 e. The van der Waals surface area contributed by atoms with Gasteiger partial charge in [-0.2, -0.15) is 0 Å². The minimum atomic E-state index is 0.425. The monoisotopic (exact) mass is 188 g/mol. The molecule has 0 bridgehead atoms. The Hall–Kier alpha value is -0.160. The van der Waals surface area contributed by atoms with Crippen molar-refractivity contribution < 1.29 is 9.47 Å². The molecule has 1 fully saturated rings. The fraction of sp³-hybridized carbons (Fsp3) is 1.00. The van der Waals surface area contributed by atoms with Crippen LogP contribution in [0.2, 0.25) is 0 Å². The first-order valence-electron chi connectivity index (χ1n) is 4.89. The topological polar surface area (TPSA) is 47.7 Å². The zero-order valence-electron chi connectivity index (χ0n) is 8.37. The van der Waals surface area contributed by atoms with Gasteiger partial charge < -0.3 is 15.2 Å². The lowest BCUT2D eigenvalue weighted by molar-refractivity contribution is 0.0915. The van der Waals surface area contributed by atoms with Gasteiger partial charge in [0, 0.05) is 33.3 Å². The first-order valence-corrected chi connectivity index (χ1v) is 4.89. The van der Waals surface area contributed by atoms with E-state index in [2.05, 4.69) is 4.90 Å². The van der Waals surface area contributed by atoms with Crippen molar-refractivity contribution in [3.63, 3.8) is 0 Å². The number of likely N-dealkylation sites (tertiary alicyclic amines) is 1. The number of ether oxygens (including phenoxy) is 2. The van der Waals surface area contributed by atoms with Crippen LogP contribution in [-0.2, 0) is 9.47 Å². The number of nitrogens with two attached hydrogens (primary N) is 1. The summed E-state index contributed by atoms with van der Waals surface area (Å²) in [5.41, 5.74) is 5.31. The van der Waals surface area contributed by atoms with Gasteiger partial charge in [0.25, 0.3) is 0 Å². The molecule has 0 aromatic heterocycles. The average Bonchev–Trinajstić information content (AvgIpc) is 2.60. The van der Waals surface area contributed by atoms with E-state index in [4.69, 9.17) is 15.2 Å². The fourth-order valence-corrected chi connectivity index (χ4v) is 1.57. The maximum Gasteiger partial charge on any atom is 0.0710 e. The first-order chi connectivity index (χ1) is 6.36. The van der Waals surface area contributed by atoms with Crippen molar-refractivity contribution in [2.75, 3.05) is 46.5 Å². The van der Waals surface area contributed by atoms with Crippen LogP contribution in [0.5, 0.6) is 0 Å². The Kier molecular flexibility index (Phi) is 5.31. The summed E-state index contributed by atoms with van der Waals surface area (Å²) >= 11 is 0. The van der Waals surface area contributed by atoms with Crippen LogP contribution in [-0.4, -0.2) is 57.5 Å². The lowest BCUT2D eigenvalue weighted by Crippen LogP contribution is -2.27. The molecule has 1 atom stereocenters. The van der Waals surface area contributed by atoms with Crippen LogP contribution in [0.4, 0.5) is 0 Å². The maximum atomic E-state index is 5.31. The van der Waals surface area contributed by atoms with Crippen LogP contribution >= 0.6 is 0 Å². The molecule has 0 spiro atoms. The summed E-state index contributed by atoms with van der Waals surface area (Å²) in [4.78, 5) is 2.37. The molecule has 0 radical (unpaired) electrons. The molecule has 4 heteroatoms. The van der Waals surface area contributed by atoms with Crippen LogP contribution in [0.3, 0.4) is 0 Å². The van der Waals surface area contributed by atoms with Crippen molar-refractivity contribution in [2.24, 2.45) is 5.73 Å². The van der Waals surface area contributed by atoms with Crippen LogP contribution in [0, 0.1) is 0 Å². The van der Waals surface area contributed by atoms with E-state index in [1.165, 1.54) is 0 Å². The van der Waals surface area contributed by atoms with Crippen molar-refractivity contribution in [3.05, 3.63) is 0 Å². The summed E-state index contributed by atoms with van der Waals surface area (Å²) in [5.74, 6) is 0. The molecule has 0 aromatic carbocycles. The molecule has 13 heavy (non-hydrogen) atoms. The van der Waals surface area contributed by atoms with Gasteiger partial charge in [0.05, 0.1) is 19.3 Å². The van der Waals surface area contributed by atoms with Gasteiger partial charge in [-0.25, -0.2) is 0 Å². The molecule has 1 unspecified atom stereocenters. The highest BCUT2D eigenvalue weighted by atomic mass is 16.5. The van der Waals surface area contributed by atoms with Gasteiger partial charge in [-0.05, 0) is 6.42 Å². The SMILES string of the molecule is COC1CCN(CCOCCN)C1. The Morgan fingerprint density at radius 2 is 2.31 bits per heavy atom. The van der Waals surface area contributed by atoms with Gasteiger partial charge in [0.15, 0.2) is 0 Å². The highest BCUT2D eigenvalue weighted by Gasteiger charge is 2.20. The third-order valence-electron chi connectivity index (χ3n) is 2.38. The van der Waals surface area contributed by atoms with Crippen LogP contribution < -0.4 is 5.73 Å². The number of nitrogens with zero attached hydrogens (tertiary/aromatic N) is 1. The summed E-state index contributed by atoms with van der Waals surface area (Å²) in [5, 5.41) is 0. The molecule has 1 rings (SSSR count). The first kappa shape index (κ1) is 10.9. The predicted molar refractivity (Wildman–Crippen MR) is 51.7 cm³/mol. The maximum absolute atomic E-state index is 5.31. The molecule has 1 aliphatic heterocycles. The summed E-state index contributed by atoms with van der Waals surface area (Å²) in [6, 6.07) is 0. The Balaban J connectivity index is 1.97. The smallest absolute Gasteiger partial charge is 0.0710 e. The van der Waals surface area contributed by atoms with E-state index in [0.717, 1.165) is 32.7 Å². The number of methoxy groups -OCH3 is 1. The fourth-order valence-electron chi connectivity index (χ4n) is 1.57. The van der Waals surface area contributed by atoms with Gasteiger partial charge in [-0.15, -0.1) is 0 Å². The van der Waals surface area contributed by atoms with Gasteiger partial charge in [0.2, 0.25) is 0 Å². The standard InChI is InChI=1S/C9H20N2O2/c1-12-9-2-4-11(8-9)5-7-13-6-3-10/h9H,2-8,10H2,1H3. The predicted octanol–water partition coefficient (Wildman–Crippen LogP) is -0.318. The minimum absolute atomic E-state index is 0.425. The molecule has 2 N–H and O–H groups in total. The molecular weight excluding hydrogens is 168 g/mol. The lowest BCUT2D eigenvalue weighted by atomic mass is 10.3. The molecule has 0 aromatic rings. The Bertz CT molecular complexity index is 133. The molecular formula is C9H20N2O2. The summed E-state index contributed by atoms with van der Waals surface area (Å²) in [7, 11) is 1.78. The number of rotatable bonds is 6. The molecule has 0 amide bonds. The van der Waals surface area contributed by atoms with Crippen molar-refractivity contribution in [1.82, 2.24) is 4.90 Å².